The Balaban J connectivity index is 1.50. The van der Waals surface area contributed by atoms with E-state index in [1.165, 1.54) is 10.5 Å². The van der Waals surface area contributed by atoms with Gasteiger partial charge in [-0.15, -0.1) is 0 Å². The molecule has 1 aliphatic rings. The smallest absolute Gasteiger partial charge is 0.308 e. The SMILES string of the molecule is CC(C)c1ccc(N2Cc3ccc(NC(=O)N(C)c4ccccc4)cc3C2=O)cc1. The van der Waals surface area contributed by atoms with Gasteiger partial charge in [-0.3, -0.25) is 9.69 Å². The number of carbonyl (C=O) groups is 2. The van der Waals surface area contributed by atoms with Crippen LogP contribution in [-0.4, -0.2) is 19.0 Å². The molecule has 0 spiro atoms. The van der Waals surface area contributed by atoms with E-state index < -0.39 is 0 Å². The molecule has 0 saturated carbocycles. The third kappa shape index (κ3) is 3.79. The average Bonchev–Trinajstić information content (AvgIpc) is 3.10. The fraction of sp³-hybridized carbons (Fsp3) is 0.200. The third-order valence-electron chi connectivity index (χ3n) is 5.48. The van der Waals surface area contributed by atoms with Crippen LogP contribution in [-0.2, 0) is 6.54 Å². The predicted octanol–water partition coefficient (Wildman–Crippen LogP) is 5.64. The number of rotatable bonds is 4. The van der Waals surface area contributed by atoms with Gasteiger partial charge in [0.15, 0.2) is 0 Å². The summed E-state index contributed by atoms with van der Waals surface area (Å²) in [4.78, 5) is 28.9. The van der Waals surface area contributed by atoms with Crippen molar-refractivity contribution >= 4 is 29.0 Å². The molecule has 0 aromatic heterocycles. The number of fused-ring (bicyclic) bond motifs is 1. The lowest BCUT2D eigenvalue weighted by Gasteiger charge is -2.18. The second kappa shape index (κ2) is 8.03. The van der Waals surface area contributed by atoms with Crippen LogP contribution in [0.1, 0.15) is 41.3 Å². The Hall–Kier alpha value is -3.60. The standard InChI is InChI=1S/C25H25N3O2/c1-17(2)18-10-13-22(14-11-18)28-16-19-9-12-20(15-23(19)24(28)29)26-25(30)27(3)21-7-5-4-6-8-21/h4-15,17H,16H2,1-3H3,(H,26,30). The van der Waals surface area contributed by atoms with E-state index in [-0.39, 0.29) is 11.9 Å². The van der Waals surface area contributed by atoms with E-state index in [2.05, 4.69) is 31.3 Å². The minimum atomic E-state index is -0.257. The highest BCUT2D eigenvalue weighted by atomic mass is 16.2. The first-order chi connectivity index (χ1) is 14.4. The molecule has 4 rings (SSSR count). The first kappa shape index (κ1) is 19.7. The van der Waals surface area contributed by atoms with Crippen LogP contribution >= 0.6 is 0 Å². The zero-order valence-electron chi connectivity index (χ0n) is 17.4. The molecule has 1 heterocycles. The summed E-state index contributed by atoms with van der Waals surface area (Å²) < 4.78 is 0. The summed E-state index contributed by atoms with van der Waals surface area (Å²) in [7, 11) is 1.71. The highest BCUT2D eigenvalue weighted by molar-refractivity contribution is 6.11. The van der Waals surface area contributed by atoms with Crippen molar-refractivity contribution in [3.05, 3.63) is 89.5 Å². The molecule has 1 aliphatic heterocycles. The molecule has 3 aromatic rings. The summed E-state index contributed by atoms with van der Waals surface area (Å²) in [6.07, 6.45) is 0. The highest BCUT2D eigenvalue weighted by Gasteiger charge is 2.29. The topological polar surface area (TPSA) is 52.7 Å². The summed E-state index contributed by atoms with van der Waals surface area (Å²) >= 11 is 0. The van der Waals surface area contributed by atoms with E-state index in [4.69, 9.17) is 0 Å². The van der Waals surface area contributed by atoms with Crippen molar-refractivity contribution in [2.24, 2.45) is 0 Å². The van der Waals surface area contributed by atoms with Crippen LogP contribution in [0.3, 0.4) is 0 Å². The second-order valence-electron chi connectivity index (χ2n) is 7.83. The van der Waals surface area contributed by atoms with Crippen LogP contribution in [0.25, 0.3) is 0 Å². The lowest BCUT2D eigenvalue weighted by molar-refractivity contribution is 0.0996. The maximum Gasteiger partial charge on any atom is 0.326 e. The van der Waals surface area contributed by atoms with Gasteiger partial charge in [0.05, 0.1) is 6.54 Å². The molecule has 0 saturated heterocycles. The van der Waals surface area contributed by atoms with E-state index in [1.807, 2.05) is 54.6 Å². The largest absolute Gasteiger partial charge is 0.326 e. The van der Waals surface area contributed by atoms with Gasteiger partial charge in [0.2, 0.25) is 0 Å². The fourth-order valence-electron chi connectivity index (χ4n) is 3.60. The number of carbonyl (C=O) groups excluding carboxylic acids is 2. The third-order valence-corrected chi connectivity index (χ3v) is 5.48. The summed E-state index contributed by atoms with van der Waals surface area (Å²) in [6.45, 7) is 4.83. The summed E-state index contributed by atoms with van der Waals surface area (Å²) in [6, 6.07) is 22.8. The number of para-hydroxylation sites is 1. The van der Waals surface area contributed by atoms with Gasteiger partial charge in [-0.1, -0.05) is 50.2 Å². The molecule has 0 aliphatic carbocycles. The Labute approximate surface area is 176 Å². The maximum atomic E-state index is 13.0. The second-order valence-corrected chi connectivity index (χ2v) is 7.83. The molecule has 3 aromatic carbocycles. The van der Waals surface area contributed by atoms with Crippen LogP contribution in [0.15, 0.2) is 72.8 Å². The molecule has 3 amide bonds. The molecule has 0 fully saturated rings. The number of nitrogens with one attached hydrogen (secondary N) is 1. The molecular formula is C25H25N3O2. The number of benzene rings is 3. The van der Waals surface area contributed by atoms with E-state index in [9.17, 15) is 9.59 Å². The Morgan fingerprint density at radius 1 is 1.00 bits per heavy atom. The van der Waals surface area contributed by atoms with Gasteiger partial charge >= 0.3 is 6.03 Å². The normalized spacial score (nSPS) is 12.8. The fourth-order valence-corrected chi connectivity index (χ4v) is 3.60. The Bertz CT molecular complexity index is 1080. The van der Waals surface area contributed by atoms with Gasteiger partial charge in [0, 0.05) is 29.7 Å². The highest BCUT2D eigenvalue weighted by Crippen LogP contribution is 2.31. The van der Waals surface area contributed by atoms with Gasteiger partial charge in [-0.2, -0.15) is 0 Å². The Morgan fingerprint density at radius 3 is 2.37 bits per heavy atom. The number of hydrogen-bond donors (Lipinski definition) is 1. The predicted molar refractivity (Wildman–Crippen MR) is 121 cm³/mol. The van der Waals surface area contributed by atoms with Crippen molar-refractivity contribution in [3.8, 4) is 0 Å². The lowest BCUT2D eigenvalue weighted by atomic mass is 10.0. The van der Waals surface area contributed by atoms with Gasteiger partial charge < -0.3 is 10.2 Å². The molecule has 0 atom stereocenters. The number of urea groups is 1. The Morgan fingerprint density at radius 2 is 1.70 bits per heavy atom. The summed E-state index contributed by atoms with van der Waals surface area (Å²) in [5.74, 6) is 0.403. The maximum absolute atomic E-state index is 13.0. The summed E-state index contributed by atoms with van der Waals surface area (Å²) in [5.41, 5.74) is 5.12. The van der Waals surface area contributed by atoms with Crippen molar-refractivity contribution in [3.63, 3.8) is 0 Å². The van der Waals surface area contributed by atoms with Crippen LogP contribution in [0.4, 0.5) is 21.9 Å². The van der Waals surface area contributed by atoms with Crippen molar-refractivity contribution in [1.82, 2.24) is 0 Å². The van der Waals surface area contributed by atoms with Gasteiger partial charge in [-0.05, 0) is 53.4 Å². The molecule has 152 valence electrons. The number of hydrogen-bond acceptors (Lipinski definition) is 2. The number of nitrogens with zero attached hydrogens (tertiary/aromatic N) is 2. The van der Waals surface area contributed by atoms with Crippen molar-refractivity contribution < 1.29 is 9.59 Å². The molecule has 0 radical (unpaired) electrons. The van der Waals surface area contributed by atoms with Crippen LogP contribution in [0, 0.1) is 0 Å². The minimum Gasteiger partial charge on any atom is -0.308 e. The van der Waals surface area contributed by atoms with Crippen molar-refractivity contribution in [1.29, 1.82) is 0 Å². The van der Waals surface area contributed by atoms with E-state index >= 15 is 0 Å². The molecular weight excluding hydrogens is 374 g/mol. The zero-order chi connectivity index (χ0) is 21.3. The van der Waals surface area contributed by atoms with Crippen LogP contribution in [0.5, 0.6) is 0 Å². The van der Waals surface area contributed by atoms with Crippen molar-refractivity contribution in [2.75, 3.05) is 22.2 Å². The first-order valence-corrected chi connectivity index (χ1v) is 10.1. The quantitative estimate of drug-likeness (QED) is 0.617. The first-order valence-electron chi connectivity index (χ1n) is 10.1. The van der Waals surface area contributed by atoms with E-state index in [0.717, 1.165) is 16.9 Å². The molecule has 5 nitrogen and oxygen atoms in total. The Kier molecular flexibility index (Phi) is 5.27. The van der Waals surface area contributed by atoms with Crippen LogP contribution < -0.4 is 15.1 Å². The zero-order valence-corrected chi connectivity index (χ0v) is 17.4. The monoisotopic (exact) mass is 399 g/mol. The van der Waals surface area contributed by atoms with Gasteiger partial charge in [0.1, 0.15) is 0 Å². The van der Waals surface area contributed by atoms with E-state index in [1.54, 1.807) is 18.0 Å². The van der Waals surface area contributed by atoms with E-state index in [0.29, 0.717) is 23.7 Å². The van der Waals surface area contributed by atoms with Crippen LogP contribution in [0.2, 0.25) is 0 Å². The number of anilines is 3. The molecule has 1 N–H and O–H groups in total. The van der Waals surface area contributed by atoms with Gasteiger partial charge in [-0.25, -0.2) is 4.79 Å². The average molecular weight is 399 g/mol. The number of amides is 3. The molecule has 0 unspecified atom stereocenters. The molecule has 30 heavy (non-hydrogen) atoms. The van der Waals surface area contributed by atoms with Crippen molar-refractivity contribution in [2.45, 2.75) is 26.3 Å². The minimum absolute atomic E-state index is 0.0465. The molecule has 5 heteroatoms. The summed E-state index contributed by atoms with van der Waals surface area (Å²) in [5, 5.41) is 2.88. The lowest BCUT2D eigenvalue weighted by Crippen LogP contribution is -2.31. The van der Waals surface area contributed by atoms with Gasteiger partial charge in [0.25, 0.3) is 5.91 Å². The molecule has 0 bridgehead atoms.